The minimum atomic E-state index is -5.23. The Morgan fingerprint density at radius 3 is 1.69 bits per heavy atom. The number of benzene rings is 2. The third kappa shape index (κ3) is 11.9. The first kappa shape index (κ1) is 34.3. The van der Waals surface area contributed by atoms with Gasteiger partial charge in [-0.25, -0.2) is 16.8 Å². The van der Waals surface area contributed by atoms with Gasteiger partial charge in [0.25, 0.3) is 0 Å². The van der Waals surface area contributed by atoms with E-state index >= 15 is 0 Å². The predicted molar refractivity (Wildman–Crippen MR) is 124 cm³/mol. The second kappa shape index (κ2) is 16.9. The average Bonchev–Trinajstić information content (AvgIpc) is 2.74. The average molecular weight is 511 g/mol. The number of para-hydroxylation sites is 1. The molecule has 2 rings (SSSR count). The molecule has 35 heavy (non-hydrogen) atoms. The SMILES string of the molecule is CCCCCCCCCCCCc1c(Oc2ccccc2)ccc(S(=O)(=O)[O-])c1S(=O)(=O)[O-].[Li+].[Li+]. The van der Waals surface area contributed by atoms with Gasteiger partial charge in [-0.15, -0.1) is 0 Å². The van der Waals surface area contributed by atoms with Gasteiger partial charge in [-0.05, 0) is 37.1 Å². The molecule has 0 spiro atoms. The zero-order valence-corrected chi connectivity index (χ0v) is 22.6. The van der Waals surface area contributed by atoms with Crippen LogP contribution in [0.1, 0.15) is 76.7 Å². The van der Waals surface area contributed by atoms with Crippen molar-refractivity contribution < 1.29 is 68.4 Å². The van der Waals surface area contributed by atoms with Gasteiger partial charge in [-0.3, -0.25) is 0 Å². The fourth-order valence-corrected chi connectivity index (χ4v) is 5.81. The molecule has 0 fully saturated rings. The number of ether oxygens (including phenoxy) is 1. The Morgan fingerprint density at radius 1 is 0.686 bits per heavy atom. The second-order valence-electron chi connectivity index (χ2n) is 8.12. The number of unbranched alkanes of at least 4 members (excludes halogenated alkanes) is 9. The summed E-state index contributed by atoms with van der Waals surface area (Å²) in [6, 6.07) is 10.6. The summed E-state index contributed by atoms with van der Waals surface area (Å²) in [5, 5.41) is 0. The summed E-state index contributed by atoms with van der Waals surface area (Å²) >= 11 is 0. The van der Waals surface area contributed by atoms with Crippen molar-refractivity contribution in [1.29, 1.82) is 0 Å². The fourth-order valence-electron chi connectivity index (χ4n) is 3.80. The molecule has 0 aliphatic carbocycles. The van der Waals surface area contributed by atoms with Gasteiger partial charge in [-0.2, -0.15) is 0 Å². The van der Waals surface area contributed by atoms with Gasteiger partial charge >= 0.3 is 37.7 Å². The molecule has 184 valence electrons. The van der Waals surface area contributed by atoms with Crippen molar-refractivity contribution in [2.75, 3.05) is 0 Å². The molecule has 7 nitrogen and oxygen atoms in total. The maximum Gasteiger partial charge on any atom is 1.00 e. The second-order valence-corrected chi connectivity index (χ2v) is 10.8. The van der Waals surface area contributed by atoms with Crippen LogP contribution in [0.2, 0.25) is 0 Å². The largest absolute Gasteiger partial charge is 1.00 e. The van der Waals surface area contributed by atoms with Crippen molar-refractivity contribution in [2.24, 2.45) is 0 Å². The van der Waals surface area contributed by atoms with Crippen molar-refractivity contribution >= 4 is 20.2 Å². The topological polar surface area (TPSA) is 124 Å². The van der Waals surface area contributed by atoms with Crippen LogP contribution in [0, 0.1) is 0 Å². The Balaban J connectivity index is 0.00000578. The molecule has 0 atom stereocenters. The number of hydrogen-bond donors (Lipinski definition) is 0. The summed E-state index contributed by atoms with van der Waals surface area (Å²) in [6.45, 7) is 2.18. The molecule has 0 amide bonds. The van der Waals surface area contributed by atoms with E-state index < -0.39 is 30.0 Å². The standard InChI is InChI=1S/C24H34O7S2.2Li/c1-2-3-4-5-6-7-8-9-10-14-17-21-22(31-20-15-12-11-13-16-20)18-19-23(32(25,26)27)24(21)33(28,29)30;;/h11-13,15-16,18-19H,2-10,14,17H2,1H3,(H,25,26,27)(H,28,29,30);;/q;2*+1/p-2. The van der Waals surface area contributed by atoms with Gasteiger partial charge in [0, 0.05) is 5.56 Å². The van der Waals surface area contributed by atoms with Gasteiger partial charge in [0.15, 0.2) is 0 Å². The maximum atomic E-state index is 12.0. The quantitative estimate of drug-likeness (QED) is 0.184. The third-order valence-electron chi connectivity index (χ3n) is 5.45. The minimum absolute atomic E-state index is 0. The van der Waals surface area contributed by atoms with Gasteiger partial charge in [0.2, 0.25) is 0 Å². The van der Waals surface area contributed by atoms with E-state index in [1.54, 1.807) is 30.3 Å². The third-order valence-corrected chi connectivity index (χ3v) is 7.43. The van der Waals surface area contributed by atoms with Crippen LogP contribution in [0.3, 0.4) is 0 Å². The van der Waals surface area contributed by atoms with Crippen molar-refractivity contribution in [3.63, 3.8) is 0 Å². The van der Waals surface area contributed by atoms with Crippen LogP contribution in [0.5, 0.6) is 11.5 Å². The number of hydrogen-bond acceptors (Lipinski definition) is 7. The Morgan fingerprint density at radius 2 is 1.20 bits per heavy atom. The predicted octanol–water partition coefficient (Wildman–Crippen LogP) is -0.241. The first-order valence-electron chi connectivity index (χ1n) is 11.4. The first-order chi connectivity index (χ1) is 15.6. The molecule has 11 heteroatoms. The molecule has 0 aromatic heterocycles. The van der Waals surface area contributed by atoms with Crippen LogP contribution in [-0.2, 0) is 26.7 Å². The van der Waals surface area contributed by atoms with E-state index in [1.165, 1.54) is 38.2 Å². The zero-order chi connectivity index (χ0) is 24.3. The molecule has 2 aromatic carbocycles. The molecule has 0 aliphatic rings. The smallest absolute Gasteiger partial charge is 0.744 e. The molecular weight excluding hydrogens is 478 g/mol. The van der Waals surface area contributed by atoms with Crippen molar-refractivity contribution in [2.45, 2.75) is 87.3 Å². The van der Waals surface area contributed by atoms with Crippen LogP contribution < -0.4 is 42.5 Å². The van der Waals surface area contributed by atoms with Crippen molar-refractivity contribution in [1.82, 2.24) is 0 Å². The van der Waals surface area contributed by atoms with Gasteiger partial charge in [0.1, 0.15) is 31.7 Å². The molecule has 0 unspecified atom stereocenters. The molecule has 0 saturated carbocycles. The molecule has 0 N–H and O–H groups in total. The molecule has 0 saturated heterocycles. The molecule has 0 radical (unpaired) electrons. The van der Waals surface area contributed by atoms with Gasteiger partial charge in [-0.1, -0.05) is 82.9 Å². The van der Waals surface area contributed by atoms with Crippen LogP contribution in [0.4, 0.5) is 0 Å². The molecule has 0 aliphatic heterocycles. The van der Waals surface area contributed by atoms with E-state index in [4.69, 9.17) is 4.74 Å². The monoisotopic (exact) mass is 510 g/mol. The summed E-state index contributed by atoms with van der Waals surface area (Å²) in [4.78, 5) is -2.03. The normalized spacial score (nSPS) is 11.4. The van der Waals surface area contributed by atoms with E-state index in [9.17, 15) is 25.9 Å². The minimum Gasteiger partial charge on any atom is -0.744 e. The molecule has 0 bridgehead atoms. The van der Waals surface area contributed by atoms with Crippen LogP contribution in [0.25, 0.3) is 0 Å². The fraction of sp³-hybridized carbons (Fsp3) is 0.500. The summed E-state index contributed by atoms with van der Waals surface area (Å²) < 4.78 is 76.7. The Hall–Kier alpha value is -0.745. The summed E-state index contributed by atoms with van der Waals surface area (Å²) in [5.41, 5.74) is -0.0645. The first-order valence-corrected chi connectivity index (χ1v) is 14.3. The van der Waals surface area contributed by atoms with Crippen molar-refractivity contribution in [3.05, 3.63) is 48.0 Å². The Labute approximate surface area is 234 Å². The van der Waals surface area contributed by atoms with Crippen molar-refractivity contribution in [3.8, 4) is 11.5 Å². The summed E-state index contributed by atoms with van der Waals surface area (Å²) in [6.07, 6.45) is 10.7. The van der Waals surface area contributed by atoms with E-state index in [0.717, 1.165) is 31.7 Å². The number of rotatable bonds is 15. The van der Waals surface area contributed by atoms with E-state index in [1.807, 2.05) is 0 Å². The van der Waals surface area contributed by atoms with E-state index in [0.29, 0.717) is 12.2 Å². The molecule has 0 heterocycles. The van der Waals surface area contributed by atoms with Crippen LogP contribution in [-0.4, -0.2) is 25.9 Å². The summed E-state index contributed by atoms with van der Waals surface area (Å²) in [7, 11) is -10.4. The van der Waals surface area contributed by atoms with Gasteiger partial charge < -0.3 is 13.8 Å². The van der Waals surface area contributed by atoms with Crippen LogP contribution >= 0.6 is 0 Å². The summed E-state index contributed by atoms with van der Waals surface area (Å²) in [5.74, 6) is 0.452. The van der Waals surface area contributed by atoms with E-state index in [2.05, 4.69) is 6.92 Å². The van der Waals surface area contributed by atoms with Gasteiger partial charge in [0.05, 0.1) is 9.79 Å². The maximum absolute atomic E-state index is 12.0. The molecular formula is C24H32Li2O7S2. The Kier molecular flexibility index (Phi) is 16.5. The molecule has 2 aromatic rings. The zero-order valence-electron chi connectivity index (χ0n) is 21.0. The Bertz CT molecular complexity index is 1090. The van der Waals surface area contributed by atoms with E-state index in [-0.39, 0.29) is 55.5 Å². The van der Waals surface area contributed by atoms with Crippen LogP contribution in [0.15, 0.2) is 52.3 Å².